The lowest BCUT2D eigenvalue weighted by molar-refractivity contribution is -0.163. The second kappa shape index (κ2) is 25.5. The number of hydrogen-bond donors (Lipinski definition) is 0. The fourth-order valence-electron chi connectivity index (χ4n) is 9.71. The number of nitrogens with zero attached hydrogens (tertiary/aromatic N) is 6. The predicted molar refractivity (Wildman–Crippen MR) is 297 cm³/mol. The van der Waals surface area contributed by atoms with Gasteiger partial charge in [-0.2, -0.15) is 0 Å². The highest BCUT2D eigenvalue weighted by Gasteiger charge is 2.34. The molecule has 410 valence electrons. The number of allylic oxidation sites excluding steroid dienone is 2. The molecule has 1 fully saturated rings. The smallest absolute Gasteiger partial charge is 0.348 e. The summed E-state index contributed by atoms with van der Waals surface area (Å²) < 4.78 is 64.2. The monoisotopic (exact) mass is 1110 g/mol. The zero-order chi connectivity index (χ0) is 54.2. The third kappa shape index (κ3) is 14.0. The minimum absolute atomic E-state index is 0.0178. The van der Waals surface area contributed by atoms with E-state index in [1.54, 1.807) is 46.2 Å². The highest BCUT2D eigenvalue weighted by Crippen LogP contribution is 2.53. The second-order valence-electron chi connectivity index (χ2n) is 20.7. The van der Waals surface area contributed by atoms with Crippen molar-refractivity contribution in [3.8, 4) is 44.7 Å². The van der Waals surface area contributed by atoms with Gasteiger partial charge in [0.25, 0.3) is 0 Å². The summed E-state index contributed by atoms with van der Waals surface area (Å²) in [6, 6.07) is 13.6. The van der Waals surface area contributed by atoms with Crippen LogP contribution in [0.3, 0.4) is 0 Å². The molecule has 15 nitrogen and oxygen atoms in total. The van der Waals surface area contributed by atoms with Crippen molar-refractivity contribution in [2.75, 3.05) is 86.5 Å². The Hall–Kier alpha value is -5.50. The van der Waals surface area contributed by atoms with Gasteiger partial charge in [-0.25, -0.2) is 29.1 Å². The van der Waals surface area contributed by atoms with Crippen molar-refractivity contribution in [3.63, 3.8) is 0 Å². The molecule has 0 unspecified atom stereocenters. The van der Waals surface area contributed by atoms with Crippen LogP contribution in [0.5, 0.6) is 23.1 Å². The Morgan fingerprint density at radius 2 is 1.66 bits per heavy atom. The topological polar surface area (TPSA) is 149 Å². The first-order valence-electron chi connectivity index (χ1n) is 26.2. The summed E-state index contributed by atoms with van der Waals surface area (Å²) in [6.45, 7) is 16.4. The number of piperazine rings is 1. The van der Waals surface area contributed by atoms with Crippen LogP contribution in [-0.4, -0.2) is 140 Å². The number of halogens is 3. The summed E-state index contributed by atoms with van der Waals surface area (Å²) in [4.78, 5) is 39.7. The van der Waals surface area contributed by atoms with Crippen LogP contribution in [0, 0.1) is 25.6 Å². The van der Waals surface area contributed by atoms with Crippen LogP contribution in [0.25, 0.3) is 37.4 Å². The number of thiophene rings is 1. The Morgan fingerprint density at radius 3 is 2.39 bits per heavy atom. The van der Waals surface area contributed by atoms with E-state index in [9.17, 15) is 9.18 Å². The summed E-state index contributed by atoms with van der Waals surface area (Å²) in [6.07, 6.45) is 6.20. The van der Waals surface area contributed by atoms with E-state index in [4.69, 9.17) is 76.0 Å². The SMILES string of the molecule is COCCOCCOC[C@@H]1CC=C(c2nccc(COc3ccc4cc3C[C@H](C(=O)OC(C)(C)C)Oc3ncnc5sc(-c6ccc(F)cc6)c(c35)-c3c(C)c(Cl)c(c(Cl)c3C)O[C@H](CN3CCN(C)CC3)CO4)n2)CC1. The molecule has 1 saturated heterocycles. The molecule has 0 radical (unpaired) electrons. The van der Waals surface area contributed by atoms with Gasteiger partial charge in [0.05, 0.1) is 47.6 Å². The molecule has 3 aromatic heterocycles. The van der Waals surface area contributed by atoms with Crippen LogP contribution in [0.1, 0.15) is 68.2 Å². The van der Waals surface area contributed by atoms with Crippen LogP contribution in [0.15, 0.2) is 67.1 Å². The largest absolute Gasteiger partial charge is 0.490 e. The maximum absolute atomic E-state index is 14.6. The molecule has 3 aromatic carbocycles. The lowest BCUT2D eigenvalue weighted by atomic mass is 9.90. The van der Waals surface area contributed by atoms with E-state index in [1.807, 2.05) is 38.1 Å². The quantitative estimate of drug-likeness (QED) is 0.0668. The van der Waals surface area contributed by atoms with Crippen LogP contribution < -0.4 is 18.9 Å². The van der Waals surface area contributed by atoms with Gasteiger partial charge in [0, 0.05) is 75.1 Å². The molecule has 3 aliphatic heterocycles. The number of likely N-dealkylation sites (N-methyl/N-ethyl adjacent to an activating group) is 1. The molecule has 6 heterocycles. The van der Waals surface area contributed by atoms with E-state index < -0.39 is 23.8 Å². The molecular weight excluding hydrogens is 1050 g/mol. The first-order chi connectivity index (χ1) is 37.1. The predicted octanol–water partition coefficient (Wildman–Crippen LogP) is 11.0. The van der Waals surface area contributed by atoms with Crippen LogP contribution in [-0.2, 0) is 36.8 Å². The van der Waals surface area contributed by atoms with E-state index in [0.29, 0.717) is 122 Å². The third-order valence-corrected chi connectivity index (χ3v) is 15.9. The summed E-state index contributed by atoms with van der Waals surface area (Å²) in [5.41, 5.74) is 4.92. The molecule has 10 rings (SSSR count). The molecule has 1 aliphatic carbocycles. The summed E-state index contributed by atoms with van der Waals surface area (Å²) in [5.74, 6) is 1.50. The number of rotatable bonds is 16. The van der Waals surface area contributed by atoms with Gasteiger partial charge in [-0.05, 0) is 131 Å². The summed E-state index contributed by atoms with van der Waals surface area (Å²) in [5, 5.41) is 1.15. The number of methoxy groups -OCH3 is 1. The van der Waals surface area contributed by atoms with Gasteiger partial charge in [0.1, 0.15) is 53.4 Å². The maximum atomic E-state index is 14.6. The molecule has 3 atom stereocenters. The number of carbonyl (C=O) groups excluding carboxylic acids is 1. The number of esters is 1. The zero-order valence-corrected chi connectivity index (χ0v) is 47.1. The normalized spacial score (nSPS) is 18.5. The Labute approximate surface area is 463 Å². The average Bonchev–Trinajstić information content (AvgIpc) is 3.84. The van der Waals surface area contributed by atoms with E-state index in [-0.39, 0.29) is 31.3 Å². The van der Waals surface area contributed by atoms with Gasteiger partial charge < -0.3 is 42.8 Å². The molecule has 0 spiro atoms. The standard InChI is InChI=1S/C58H67Cl2FN6O9S/c1-35-47-36(2)51(60)52(50(35)59)74-44(30-67-22-20-66(6)21-23-67)33-72-43-16-17-45(73-32-42-18-19-62-54(65-42)39-10-8-37(9-11-39)31-71-27-26-70-25-24-69-7)40(28-43)29-46(57(68)76-58(3,4)5)75-55-49-48(47)53(77-56(49)64-34-63-55)38-12-14-41(61)15-13-38/h10,12-19,28,34,37,44,46H,8-9,11,20-27,29-33H2,1-7H3/t37-,44-,46-/m1/s1. The number of aromatic nitrogens is 4. The third-order valence-electron chi connectivity index (χ3n) is 13.8. The molecule has 0 saturated carbocycles. The van der Waals surface area contributed by atoms with Gasteiger partial charge in [-0.3, -0.25) is 4.90 Å². The average molecular weight is 1110 g/mol. The molecule has 0 amide bonds. The lowest BCUT2D eigenvalue weighted by Gasteiger charge is -2.35. The highest BCUT2D eigenvalue weighted by atomic mass is 35.5. The van der Waals surface area contributed by atoms with Crippen LogP contribution >= 0.6 is 34.5 Å². The molecule has 0 N–H and O–H groups in total. The molecule has 77 heavy (non-hydrogen) atoms. The Kier molecular flexibility index (Phi) is 18.6. The number of carbonyl (C=O) groups is 1. The van der Waals surface area contributed by atoms with E-state index >= 15 is 0 Å². The van der Waals surface area contributed by atoms with Crippen molar-refractivity contribution >= 4 is 56.3 Å². The fraction of sp³-hybridized carbons (Fsp3) is 0.466. The van der Waals surface area contributed by atoms with E-state index in [0.717, 1.165) is 61.5 Å². The Balaban J connectivity index is 1.08. The van der Waals surface area contributed by atoms with Crippen molar-refractivity contribution in [2.24, 2.45) is 5.92 Å². The van der Waals surface area contributed by atoms with Crippen molar-refractivity contribution in [1.29, 1.82) is 0 Å². The van der Waals surface area contributed by atoms with Gasteiger partial charge in [-0.1, -0.05) is 41.4 Å². The van der Waals surface area contributed by atoms with Gasteiger partial charge >= 0.3 is 5.97 Å². The van der Waals surface area contributed by atoms with Crippen molar-refractivity contribution < 1.29 is 47.1 Å². The molecule has 6 aromatic rings. The maximum Gasteiger partial charge on any atom is 0.348 e. The summed E-state index contributed by atoms with van der Waals surface area (Å²) >= 11 is 16.2. The summed E-state index contributed by atoms with van der Waals surface area (Å²) in [7, 11) is 3.77. The Bertz CT molecular complexity index is 3030. The molecule has 19 heteroatoms. The van der Waals surface area contributed by atoms with Gasteiger partial charge in [0.2, 0.25) is 12.0 Å². The number of fused-ring (bicyclic) bond motifs is 7. The van der Waals surface area contributed by atoms with Gasteiger partial charge in [-0.15, -0.1) is 11.3 Å². The Morgan fingerprint density at radius 1 is 0.909 bits per heavy atom. The number of benzene rings is 3. The van der Waals surface area contributed by atoms with Crippen LogP contribution in [0.4, 0.5) is 4.39 Å². The minimum atomic E-state index is -1.26. The minimum Gasteiger partial charge on any atom is -0.490 e. The molecule has 4 bridgehead atoms. The first-order valence-corrected chi connectivity index (χ1v) is 27.7. The van der Waals surface area contributed by atoms with Crippen molar-refractivity contribution in [2.45, 2.75) is 84.7 Å². The van der Waals surface area contributed by atoms with Gasteiger partial charge in [0.15, 0.2) is 11.6 Å². The van der Waals surface area contributed by atoms with Crippen molar-refractivity contribution in [3.05, 3.63) is 111 Å². The first kappa shape index (κ1) is 56.2. The lowest BCUT2D eigenvalue weighted by Crippen LogP contribution is -2.49. The van der Waals surface area contributed by atoms with E-state index in [1.165, 1.54) is 29.8 Å². The van der Waals surface area contributed by atoms with Crippen LogP contribution in [0.2, 0.25) is 10.0 Å². The number of hydrogen-bond acceptors (Lipinski definition) is 16. The fourth-order valence-corrected chi connectivity index (χ4v) is 11.4. The molecular formula is C58H67Cl2FN6O9S. The number of ether oxygens (including phenoxy) is 8. The zero-order valence-electron chi connectivity index (χ0n) is 44.8. The van der Waals surface area contributed by atoms with E-state index in [2.05, 4.69) is 27.9 Å². The highest BCUT2D eigenvalue weighted by molar-refractivity contribution is 7.22. The second-order valence-corrected chi connectivity index (χ2v) is 22.5. The van der Waals surface area contributed by atoms with Crippen molar-refractivity contribution in [1.82, 2.24) is 29.7 Å². The molecule has 4 aliphatic rings.